The topological polar surface area (TPSA) is 72.0 Å². The Bertz CT molecular complexity index is 709. The van der Waals surface area contributed by atoms with Crippen LogP contribution in [0.15, 0.2) is 36.4 Å². The van der Waals surface area contributed by atoms with Crippen LogP contribution in [0.5, 0.6) is 0 Å². The van der Waals surface area contributed by atoms with Crippen LogP contribution < -0.4 is 5.73 Å². The highest BCUT2D eigenvalue weighted by Gasteiger charge is 2.02. The Morgan fingerprint density at radius 1 is 0.882 bits per heavy atom. The average Bonchev–Trinajstić information content (AvgIpc) is 2.35. The van der Waals surface area contributed by atoms with E-state index in [9.17, 15) is 0 Å². The van der Waals surface area contributed by atoms with Crippen molar-refractivity contribution in [3.63, 3.8) is 0 Å². The van der Waals surface area contributed by atoms with Crippen molar-refractivity contribution in [1.82, 2.24) is 9.97 Å². The van der Waals surface area contributed by atoms with Crippen LogP contribution in [-0.2, 0) is 6.61 Å². The fraction of sp³-hybridized carbons (Fsp3) is 0.0769. The maximum atomic E-state index is 9.08. The van der Waals surface area contributed by atoms with Crippen molar-refractivity contribution >= 4 is 27.8 Å². The second kappa shape index (κ2) is 3.68. The van der Waals surface area contributed by atoms with Gasteiger partial charge in [-0.3, -0.25) is 0 Å². The Morgan fingerprint density at radius 3 is 2.24 bits per heavy atom. The van der Waals surface area contributed by atoms with Crippen LogP contribution >= 0.6 is 0 Å². The van der Waals surface area contributed by atoms with Crippen LogP contribution in [0.1, 0.15) is 5.56 Å². The molecule has 3 aromatic rings. The first-order chi connectivity index (χ1) is 8.26. The molecule has 1 aromatic heterocycles. The van der Waals surface area contributed by atoms with E-state index in [4.69, 9.17) is 10.8 Å². The highest BCUT2D eigenvalue weighted by atomic mass is 16.3. The zero-order valence-electron chi connectivity index (χ0n) is 9.09. The number of aliphatic hydroxyl groups is 1. The van der Waals surface area contributed by atoms with E-state index < -0.39 is 0 Å². The average molecular weight is 225 g/mol. The molecule has 3 N–H and O–H groups in total. The lowest BCUT2D eigenvalue weighted by molar-refractivity contribution is 0.282. The predicted molar refractivity (Wildman–Crippen MR) is 67.4 cm³/mol. The molecule has 0 bridgehead atoms. The molecule has 0 unspecified atom stereocenters. The Hall–Kier alpha value is -2.20. The molecule has 0 aliphatic carbocycles. The van der Waals surface area contributed by atoms with Gasteiger partial charge in [-0.1, -0.05) is 6.07 Å². The molecule has 0 aliphatic rings. The Kier molecular flexibility index (Phi) is 2.16. The lowest BCUT2D eigenvalue weighted by Gasteiger charge is -2.03. The number of aliphatic hydroxyl groups excluding tert-OH is 1. The second-order valence-electron chi connectivity index (χ2n) is 3.95. The number of hydrogen-bond donors (Lipinski definition) is 2. The van der Waals surface area contributed by atoms with E-state index >= 15 is 0 Å². The van der Waals surface area contributed by atoms with Gasteiger partial charge in [-0.2, -0.15) is 0 Å². The predicted octanol–water partition coefficient (Wildman–Crippen LogP) is 1.86. The number of benzene rings is 2. The van der Waals surface area contributed by atoms with Crippen molar-refractivity contribution in [2.45, 2.75) is 6.61 Å². The van der Waals surface area contributed by atoms with Crippen LogP contribution in [0.3, 0.4) is 0 Å². The summed E-state index contributed by atoms with van der Waals surface area (Å²) in [7, 11) is 0. The molecule has 2 aromatic carbocycles. The summed E-state index contributed by atoms with van der Waals surface area (Å²) in [5.74, 6) is 0. The standard InChI is InChI=1S/C13H11N3O/c14-9-2-4-11-13(6-9)16-10-3-1-8(7-17)5-12(10)15-11/h1-6,17H,7,14H2. The third-order valence-electron chi connectivity index (χ3n) is 2.70. The molecular weight excluding hydrogens is 214 g/mol. The molecule has 0 aliphatic heterocycles. The highest BCUT2D eigenvalue weighted by molar-refractivity contribution is 5.87. The van der Waals surface area contributed by atoms with Gasteiger partial charge < -0.3 is 10.8 Å². The molecular formula is C13H11N3O. The van der Waals surface area contributed by atoms with E-state index in [0.29, 0.717) is 5.69 Å². The van der Waals surface area contributed by atoms with Crippen molar-refractivity contribution in [1.29, 1.82) is 0 Å². The molecule has 0 saturated heterocycles. The van der Waals surface area contributed by atoms with Crippen LogP contribution in [0.4, 0.5) is 5.69 Å². The number of nitrogen functional groups attached to an aromatic ring is 1. The summed E-state index contributed by atoms with van der Waals surface area (Å²) >= 11 is 0. The lowest BCUT2D eigenvalue weighted by atomic mass is 10.2. The van der Waals surface area contributed by atoms with E-state index in [1.807, 2.05) is 30.3 Å². The molecule has 84 valence electrons. The van der Waals surface area contributed by atoms with E-state index in [1.165, 1.54) is 0 Å². The summed E-state index contributed by atoms with van der Waals surface area (Å²) in [6, 6.07) is 11.0. The number of nitrogens with two attached hydrogens (primary N) is 1. The molecule has 4 heteroatoms. The molecule has 0 fully saturated rings. The molecule has 4 nitrogen and oxygen atoms in total. The van der Waals surface area contributed by atoms with Gasteiger partial charge in [-0.05, 0) is 35.9 Å². The molecule has 0 spiro atoms. The fourth-order valence-corrected chi connectivity index (χ4v) is 1.84. The maximum absolute atomic E-state index is 9.08. The zero-order valence-corrected chi connectivity index (χ0v) is 9.09. The van der Waals surface area contributed by atoms with Gasteiger partial charge in [0.2, 0.25) is 0 Å². The van der Waals surface area contributed by atoms with Crippen molar-refractivity contribution in [3.8, 4) is 0 Å². The summed E-state index contributed by atoms with van der Waals surface area (Å²) in [5, 5.41) is 9.08. The van der Waals surface area contributed by atoms with E-state index in [2.05, 4.69) is 9.97 Å². The summed E-state index contributed by atoms with van der Waals surface area (Å²) in [6.07, 6.45) is 0. The zero-order chi connectivity index (χ0) is 11.8. The number of fused-ring (bicyclic) bond motifs is 2. The minimum absolute atomic E-state index is 0.0113. The number of nitrogens with zero attached hydrogens (tertiary/aromatic N) is 2. The van der Waals surface area contributed by atoms with Gasteiger partial charge in [0.25, 0.3) is 0 Å². The fourth-order valence-electron chi connectivity index (χ4n) is 1.84. The Balaban J connectivity index is 2.35. The largest absolute Gasteiger partial charge is 0.399 e. The van der Waals surface area contributed by atoms with Crippen molar-refractivity contribution < 1.29 is 5.11 Å². The van der Waals surface area contributed by atoms with Gasteiger partial charge in [0.1, 0.15) is 0 Å². The summed E-state index contributed by atoms with van der Waals surface area (Å²) in [5.41, 5.74) is 10.4. The van der Waals surface area contributed by atoms with Gasteiger partial charge in [-0.25, -0.2) is 9.97 Å². The first-order valence-electron chi connectivity index (χ1n) is 5.33. The Morgan fingerprint density at radius 2 is 1.53 bits per heavy atom. The normalized spacial score (nSPS) is 11.1. The van der Waals surface area contributed by atoms with Crippen LogP contribution in [0, 0.1) is 0 Å². The number of anilines is 1. The lowest BCUT2D eigenvalue weighted by Crippen LogP contribution is -1.91. The molecule has 0 amide bonds. The quantitative estimate of drug-likeness (QED) is 0.489. The first-order valence-corrected chi connectivity index (χ1v) is 5.33. The SMILES string of the molecule is Nc1ccc2nc3cc(CO)ccc3nc2c1. The highest BCUT2D eigenvalue weighted by Crippen LogP contribution is 2.19. The third-order valence-corrected chi connectivity index (χ3v) is 2.70. The van der Waals surface area contributed by atoms with E-state index in [1.54, 1.807) is 6.07 Å². The molecule has 1 heterocycles. The van der Waals surface area contributed by atoms with Crippen LogP contribution in [-0.4, -0.2) is 15.1 Å². The smallest absolute Gasteiger partial charge is 0.0915 e. The van der Waals surface area contributed by atoms with Crippen LogP contribution in [0.25, 0.3) is 22.1 Å². The van der Waals surface area contributed by atoms with Gasteiger partial charge in [0, 0.05) is 5.69 Å². The molecule has 17 heavy (non-hydrogen) atoms. The molecule has 0 radical (unpaired) electrons. The van der Waals surface area contributed by atoms with E-state index in [-0.39, 0.29) is 6.61 Å². The van der Waals surface area contributed by atoms with Gasteiger partial charge in [0.05, 0.1) is 28.7 Å². The van der Waals surface area contributed by atoms with Crippen LogP contribution in [0.2, 0.25) is 0 Å². The number of aromatic nitrogens is 2. The minimum Gasteiger partial charge on any atom is -0.399 e. The molecule has 0 atom stereocenters. The monoisotopic (exact) mass is 225 g/mol. The van der Waals surface area contributed by atoms with Gasteiger partial charge in [-0.15, -0.1) is 0 Å². The van der Waals surface area contributed by atoms with E-state index in [0.717, 1.165) is 27.6 Å². The minimum atomic E-state index is 0.0113. The maximum Gasteiger partial charge on any atom is 0.0915 e. The summed E-state index contributed by atoms with van der Waals surface area (Å²) < 4.78 is 0. The van der Waals surface area contributed by atoms with Gasteiger partial charge >= 0.3 is 0 Å². The second-order valence-corrected chi connectivity index (χ2v) is 3.95. The first kappa shape index (κ1) is 9.99. The number of hydrogen-bond acceptors (Lipinski definition) is 4. The molecule has 3 rings (SSSR count). The van der Waals surface area contributed by atoms with Crippen molar-refractivity contribution in [2.75, 3.05) is 5.73 Å². The van der Waals surface area contributed by atoms with Crippen molar-refractivity contribution in [3.05, 3.63) is 42.0 Å². The number of rotatable bonds is 1. The summed E-state index contributed by atoms with van der Waals surface area (Å²) in [4.78, 5) is 8.99. The Labute approximate surface area is 97.7 Å². The third kappa shape index (κ3) is 1.68. The summed E-state index contributed by atoms with van der Waals surface area (Å²) in [6.45, 7) is 0.0113. The van der Waals surface area contributed by atoms with Gasteiger partial charge in [0.15, 0.2) is 0 Å². The van der Waals surface area contributed by atoms with Crippen molar-refractivity contribution in [2.24, 2.45) is 0 Å². The molecule has 0 saturated carbocycles.